The van der Waals surface area contributed by atoms with Gasteiger partial charge in [0.25, 0.3) is 0 Å². The third kappa shape index (κ3) is 2.41. The second-order valence-electron chi connectivity index (χ2n) is 4.28. The maximum Gasteiger partial charge on any atom is 0.233 e. The van der Waals surface area contributed by atoms with Gasteiger partial charge in [-0.05, 0) is 13.8 Å². The molecule has 0 radical (unpaired) electrons. The number of anilines is 1. The number of nitrogen functional groups attached to an aromatic ring is 1. The Morgan fingerprint density at radius 3 is 2.84 bits per heavy atom. The molecule has 0 saturated carbocycles. The topological polar surface area (TPSA) is 82.7 Å². The van der Waals surface area contributed by atoms with Crippen LogP contribution in [0.2, 0.25) is 0 Å². The van der Waals surface area contributed by atoms with Gasteiger partial charge in [-0.15, -0.1) is 4.98 Å². The van der Waals surface area contributed by atoms with Crippen LogP contribution in [0.1, 0.15) is 18.4 Å². The average Bonchev–Trinajstić information content (AvgIpc) is 2.71. The van der Waals surface area contributed by atoms with Gasteiger partial charge in [0.05, 0.1) is 6.54 Å². The van der Waals surface area contributed by atoms with Crippen molar-refractivity contribution in [2.45, 2.75) is 27.0 Å². The summed E-state index contributed by atoms with van der Waals surface area (Å²) in [6, 6.07) is 0. The van der Waals surface area contributed by atoms with Crippen molar-refractivity contribution in [3.63, 3.8) is 0 Å². The van der Waals surface area contributed by atoms with Gasteiger partial charge in [-0.3, -0.25) is 4.68 Å². The number of nitrogens with zero attached hydrogens (tertiary/aromatic N) is 5. The molecule has 0 fully saturated rings. The van der Waals surface area contributed by atoms with Crippen LogP contribution in [0.25, 0.3) is 11.4 Å². The number of ether oxygens (including phenoxy) is 1. The highest BCUT2D eigenvalue weighted by Gasteiger charge is 2.21. The SMILES string of the molecule is CC[n+]1cnc(C)c(-c2nc(COC)n(C)n2)c1N. The second kappa shape index (κ2) is 5.31. The minimum absolute atomic E-state index is 0.413. The van der Waals surface area contributed by atoms with Gasteiger partial charge in [-0.2, -0.15) is 5.10 Å². The van der Waals surface area contributed by atoms with E-state index in [2.05, 4.69) is 15.1 Å². The van der Waals surface area contributed by atoms with Gasteiger partial charge in [-0.25, -0.2) is 9.55 Å². The minimum atomic E-state index is 0.413. The van der Waals surface area contributed by atoms with Crippen LogP contribution in [0.4, 0.5) is 5.82 Å². The van der Waals surface area contributed by atoms with Crippen molar-refractivity contribution in [1.82, 2.24) is 19.7 Å². The molecule has 0 spiro atoms. The number of rotatable bonds is 4. The van der Waals surface area contributed by atoms with Crippen molar-refractivity contribution in [2.24, 2.45) is 7.05 Å². The lowest BCUT2D eigenvalue weighted by Gasteiger charge is -2.04. The number of hydrogen-bond donors (Lipinski definition) is 1. The first-order chi connectivity index (χ1) is 9.08. The number of aromatic nitrogens is 5. The lowest BCUT2D eigenvalue weighted by molar-refractivity contribution is -0.681. The predicted molar refractivity (Wildman–Crippen MR) is 70.0 cm³/mol. The van der Waals surface area contributed by atoms with E-state index in [0.717, 1.165) is 23.6 Å². The molecule has 102 valence electrons. The zero-order valence-corrected chi connectivity index (χ0v) is 11.7. The molecule has 0 bridgehead atoms. The summed E-state index contributed by atoms with van der Waals surface area (Å²) in [4.78, 5) is 8.79. The maximum absolute atomic E-state index is 6.16. The lowest BCUT2D eigenvalue weighted by atomic mass is 10.2. The van der Waals surface area contributed by atoms with Gasteiger partial charge in [0, 0.05) is 14.2 Å². The van der Waals surface area contributed by atoms with E-state index >= 15 is 0 Å². The summed E-state index contributed by atoms with van der Waals surface area (Å²) in [6.07, 6.45) is 1.73. The van der Waals surface area contributed by atoms with Crippen LogP contribution in [0.5, 0.6) is 0 Å². The molecule has 2 heterocycles. The molecule has 0 amide bonds. The quantitative estimate of drug-likeness (QED) is 0.798. The van der Waals surface area contributed by atoms with Crippen LogP contribution in [-0.2, 0) is 24.9 Å². The molecule has 19 heavy (non-hydrogen) atoms. The van der Waals surface area contributed by atoms with E-state index in [1.807, 2.05) is 25.5 Å². The van der Waals surface area contributed by atoms with Crippen LogP contribution >= 0.6 is 0 Å². The normalized spacial score (nSPS) is 10.9. The van der Waals surface area contributed by atoms with E-state index in [1.165, 1.54) is 0 Å². The number of aryl methyl sites for hydroxylation is 3. The molecular weight excluding hydrogens is 244 g/mol. The van der Waals surface area contributed by atoms with Crippen molar-refractivity contribution in [2.75, 3.05) is 12.8 Å². The first-order valence-electron chi connectivity index (χ1n) is 6.12. The first-order valence-corrected chi connectivity index (χ1v) is 6.12. The molecule has 0 atom stereocenters. The minimum Gasteiger partial charge on any atom is -0.377 e. The predicted octanol–water partition coefficient (Wildman–Crippen LogP) is 0.222. The number of hydrogen-bond acceptors (Lipinski definition) is 5. The maximum atomic E-state index is 6.16. The van der Waals surface area contributed by atoms with E-state index < -0.39 is 0 Å². The largest absolute Gasteiger partial charge is 0.377 e. The molecule has 0 aliphatic carbocycles. The highest BCUT2D eigenvalue weighted by atomic mass is 16.5. The van der Waals surface area contributed by atoms with Crippen LogP contribution in [0, 0.1) is 6.92 Å². The van der Waals surface area contributed by atoms with Crippen molar-refractivity contribution >= 4 is 5.82 Å². The van der Waals surface area contributed by atoms with Crippen LogP contribution in [0.15, 0.2) is 6.33 Å². The molecule has 2 aromatic rings. The molecule has 0 aromatic carbocycles. The molecule has 0 aliphatic rings. The Bertz CT molecular complexity index is 592. The van der Waals surface area contributed by atoms with E-state index in [1.54, 1.807) is 18.1 Å². The van der Waals surface area contributed by atoms with Crippen LogP contribution < -0.4 is 10.3 Å². The van der Waals surface area contributed by atoms with Crippen molar-refractivity contribution in [1.29, 1.82) is 0 Å². The van der Waals surface area contributed by atoms with Gasteiger partial charge in [0.15, 0.2) is 11.6 Å². The number of nitrogens with two attached hydrogens (primary N) is 1. The van der Waals surface area contributed by atoms with E-state index in [4.69, 9.17) is 10.5 Å². The Balaban J connectivity index is 2.55. The zero-order chi connectivity index (χ0) is 14.0. The second-order valence-corrected chi connectivity index (χ2v) is 4.28. The average molecular weight is 263 g/mol. The molecule has 7 nitrogen and oxygen atoms in total. The highest BCUT2D eigenvalue weighted by Crippen LogP contribution is 2.22. The summed E-state index contributed by atoms with van der Waals surface area (Å²) in [5.74, 6) is 1.97. The summed E-state index contributed by atoms with van der Waals surface area (Å²) < 4.78 is 8.65. The molecule has 2 aromatic heterocycles. The standard InChI is InChI=1S/C12H18N6O/c1-5-18-7-14-8(2)10(11(18)13)12-15-9(6-19-4)17(3)16-12/h7,13H,5-6H2,1-4H3/p+1. The summed E-state index contributed by atoms with van der Waals surface area (Å²) >= 11 is 0. The smallest absolute Gasteiger partial charge is 0.233 e. The summed E-state index contributed by atoms with van der Waals surface area (Å²) in [5.41, 5.74) is 7.76. The molecular formula is C12H19N6O+. The third-order valence-corrected chi connectivity index (χ3v) is 3.01. The number of methoxy groups -OCH3 is 1. The molecule has 7 heteroatoms. The Labute approximate surface area is 112 Å². The zero-order valence-electron chi connectivity index (χ0n) is 11.7. The van der Waals surface area contributed by atoms with E-state index in [9.17, 15) is 0 Å². The molecule has 0 saturated heterocycles. The fourth-order valence-electron chi connectivity index (χ4n) is 1.92. The summed E-state index contributed by atoms with van der Waals surface area (Å²) in [6.45, 7) is 5.08. The van der Waals surface area contributed by atoms with Crippen LogP contribution in [0.3, 0.4) is 0 Å². The van der Waals surface area contributed by atoms with Crippen molar-refractivity contribution in [3.05, 3.63) is 17.8 Å². The lowest BCUT2D eigenvalue weighted by Crippen LogP contribution is -2.37. The highest BCUT2D eigenvalue weighted by molar-refractivity contribution is 5.67. The summed E-state index contributed by atoms with van der Waals surface area (Å²) in [7, 11) is 3.46. The van der Waals surface area contributed by atoms with Gasteiger partial charge in [-0.1, -0.05) is 0 Å². The fraction of sp³-hybridized carbons (Fsp3) is 0.500. The van der Waals surface area contributed by atoms with Gasteiger partial charge in [0.1, 0.15) is 17.9 Å². The van der Waals surface area contributed by atoms with Crippen molar-refractivity contribution in [3.8, 4) is 11.4 Å². The third-order valence-electron chi connectivity index (χ3n) is 3.01. The Morgan fingerprint density at radius 2 is 2.21 bits per heavy atom. The molecule has 2 N–H and O–H groups in total. The van der Waals surface area contributed by atoms with E-state index in [0.29, 0.717) is 18.2 Å². The van der Waals surface area contributed by atoms with Gasteiger partial charge in [0.2, 0.25) is 12.1 Å². The summed E-state index contributed by atoms with van der Waals surface area (Å²) in [5, 5.41) is 4.39. The van der Waals surface area contributed by atoms with Crippen molar-refractivity contribution < 1.29 is 9.30 Å². The molecule has 0 aliphatic heterocycles. The van der Waals surface area contributed by atoms with E-state index in [-0.39, 0.29) is 0 Å². The molecule has 0 unspecified atom stereocenters. The monoisotopic (exact) mass is 263 g/mol. The Morgan fingerprint density at radius 1 is 1.47 bits per heavy atom. The molecule has 2 rings (SSSR count). The fourth-order valence-corrected chi connectivity index (χ4v) is 1.92. The van der Waals surface area contributed by atoms with Gasteiger partial charge >= 0.3 is 0 Å². The Kier molecular flexibility index (Phi) is 3.75. The van der Waals surface area contributed by atoms with Crippen LogP contribution in [-0.4, -0.2) is 26.9 Å². The Hall–Kier alpha value is -2.02. The van der Waals surface area contributed by atoms with Gasteiger partial charge < -0.3 is 10.5 Å². The first kappa shape index (κ1) is 13.4.